The molecule has 0 radical (unpaired) electrons. The lowest BCUT2D eigenvalue weighted by molar-refractivity contribution is -0.146. The molecule has 0 aliphatic carbocycles. The van der Waals surface area contributed by atoms with E-state index in [0.717, 1.165) is 11.3 Å². The molecule has 0 bridgehead atoms. The van der Waals surface area contributed by atoms with Crippen molar-refractivity contribution in [2.75, 3.05) is 13.1 Å². The molecule has 1 unspecified atom stereocenters. The number of pyridine rings is 1. The number of rotatable bonds is 3. The van der Waals surface area contributed by atoms with Crippen molar-refractivity contribution in [1.29, 1.82) is 0 Å². The summed E-state index contributed by atoms with van der Waals surface area (Å²) in [6, 6.07) is 3.57. The Labute approximate surface area is 117 Å². The number of aromatic nitrogens is 1. The molecule has 108 valence electrons. The number of nitrogens with one attached hydrogen (secondary N) is 1. The zero-order valence-electron chi connectivity index (χ0n) is 11.7. The zero-order chi connectivity index (χ0) is 14.8. The van der Waals surface area contributed by atoms with Crippen LogP contribution < -0.4 is 5.32 Å². The molecule has 1 aliphatic heterocycles. The first-order valence-corrected chi connectivity index (χ1v) is 6.58. The summed E-state index contributed by atoms with van der Waals surface area (Å²) in [6.45, 7) is 4.69. The topological polar surface area (TPSA) is 82.5 Å². The Morgan fingerprint density at radius 1 is 1.50 bits per heavy atom. The number of carboxylic acids is 1. The molecule has 1 aromatic heterocycles. The lowest BCUT2D eigenvalue weighted by atomic mass is 9.90. The van der Waals surface area contributed by atoms with Crippen LogP contribution in [0.3, 0.4) is 0 Å². The predicted octanol–water partition coefficient (Wildman–Crippen LogP) is 1.40. The molecule has 1 saturated heterocycles. The highest BCUT2D eigenvalue weighted by Crippen LogP contribution is 2.29. The smallest absolute Gasteiger partial charge is 0.317 e. The molecule has 0 aromatic carbocycles. The van der Waals surface area contributed by atoms with Gasteiger partial charge >= 0.3 is 12.0 Å². The van der Waals surface area contributed by atoms with E-state index in [-0.39, 0.29) is 12.6 Å². The lowest BCUT2D eigenvalue weighted by Gasteiger charge is -2.20. The van der Waals surface area contributed by atoms with Crippen molar-refractivity contribution in [3.63, 3.8) is 0 Å². The van der Waals surface area contributed by atoms with Crippen LogP contribution in [0.25, 0.3) is 0 Å². The minimum Gasteiger partial charge on any atom is -0.481 e. The lowest BCUT2D eigenvalue weighted by Crippen LogP contribution is -2.40. The van der Waals surface area contributed by atoms with E-state index in [0.29, 0.717) is 19.5 Å². The normalized spacial score (nSPS) is 21.8. The van der Waals surface area contributed by atoms with Gasteiger partial charge < -0.3 is 15.3 Å². The third-order valence-electron chi connectivity index (χ3n) is 3.69. The van der Waals surface area contributed by atoms with Gasteiger partial charge in [0.1, 0.15) is 0 Å². The summed E-state index contributed by atoms with van der Waals surface area (Å²) in [5, 5.41) is 11.9. The fourth-order valence-corrected chi connectivity index (χ4v) is 2.20. The van der Waals surface area contributed by atoms with Crippen LogP contribution in [0, 0.1) is 12.3 Å². The van der Waals surface area contributed by atoms with Crippen LogP contribution in [0.1, 0.15) is 24.6 Å². The second-order valence-electron chi connectivity index (χ2n) is 5.50. The third-order valence-corrected chi connectivity index (χ3v) is 3.69. The number of carbonyl (C=O) groups excluding carboxylic acids is 1. The highest BCUT2D eigenvalue weighted by Gasteiger charge is 2.42. The molecule has 1 aromatic rings. The summed E-state index contributed by atoms with van der Waals surface area (Å²) < 4.78 is 0. The van der Waals surface area contributed by atoms with Crippen LogP contribution in [-0.2, 0) is 11.3 Å². The van der Waals surface area contributed by atoms with Gasteiger partial charge in [-0.15, -0.1) is 0 Å². The first-order chi connectivity index (χ1) is 9.40. The zero-order valence-corrected chi connectivity index (χ0v) is 11.7. The van der Waals surface area contributed by atoms with Gasteiger partial charge in [0.25, 0.3) is 0 Å². The van der Waals surface area contributed by atoms with Gasteiger partial charge in [-0.3, -0.25) is 9.78 Å². The minimum atomic E-state index is -0.851. The van der Waals surface area contributed by atoms with E-state index in [9.17, 15) is 9.59 Å². The van der Waals surface area contributed by atoms with Crippen LogP contribution in [0.15, 0.2) is 18.3 Å². The molecule has 6 nitrogen and oxygen atoms in total. The van der Waals surface area contributed by atoms with Crippen LogP contribution in [-0.4, -0.2) is 40.1 Å². The second kappa shape index (κ2) is 5.48. The van der Waals surface area contributed by atoms with Gasteiger partial charge in [-0.25, -0.2) is 4.79 Å². The minimum absolute atomic E-state index is 0.226. The highest BCUT2D eigenvalue weighted by atomic mass is 16.4. The summed E-state index contributed by atoms with van der Waals surface area (Å²) in [5.74, 6) is -0.851. The molecule has 2 N–H and O–H groups in total. The van der Waals surface area contributed by atoms with Crippen molar-refractivity contribution in [3.8, 4) is 0 Å². The van der Waals surface area contributed by atoms with Gasteiger partial charge in [-0.05, 0) is 31.9 Å². The van der Waals surface area contributed by atoms with Gasteiger partial charge in [0.2, 0.25) is 0 Å². The van der Waals surface area contributed by atoms with Crippen LogP contribution in [0.5, 0.6) is 0 Å². The summed E-state index contributed by atoms with van der Waals surface area (Å²) in [4.78, 5) is 28.8. The molecule has 1 aliphatic rings. The third kappa shape index (κ3) is 3.07. The average molecular weight is 277 g/mol. The van der Waals surface area contributed by atoms with E-state index in [4.69, 9.17) is 5.11 Å². The van der Waals surface area contributed by atoms with Crippen molar-refractivity contribution < 1.29 is 14.7 Å². The Kier molecular flexibility index (Phi) is 3.92. The molecule has 1 fully saturated rings. The maximum Gasteiger partial charge on any atom is 0.317 e. The van der Waals surface area contributed by atoms with Crippen LogP contribution in [0.2, 0.25) is 0 Å². The van der Waals surface area contributed by atoms with Crippen LogP contribution in [0.4, 0.5) is 4.79 Å². The molecular formula is C14H19N3O3. The highest BCUT2D eigenvalue weighted by molar-refractivity contribution is 5.79. The van der Waals surface area contributed by atoms with Crippen molar-refractivity contribution in [2.24, 2.45) is 5.41 Å². The molecule has 20 heavy (non-hydrogen) atoms. The Morgan fingerprint density at radius 3 is 2.80 bits per heavy atom. The first-order valence-electron chi connectivity index (χ1n) is 6.58. The molecule has 6 heteroatoms. The number of carboxylic acid groups (broad SMARTS) is 1. The molecule has 2 amide bonds. The molecule has 1 atom stereocenters. The Hall–Kier alpha value is -2.11. The number of hydrogen-bond acceptors (Lipinski definition) is 3. The number of aryl methyl sites for hydroxylation is 1. The van der Waals surface area contributed by atoms with E-state index in [2.05, 4.69) is 10.3 Å². The summed E-state index contributed by atoms with van der Waals surface area (Å²) >= 11 is 0. The maximum absolute atomic E-state index is 12.0. The number of carbonyl (C=O) groups is 2. The van der Waals surface area contributed by atoms with Crippen molar-refractivity contribution in [1.82, 2.24) is 15.2 Å². The molecule has 2 heterocycles. The average Bonchev–Trinajstić information content (AvgIpc) is 2.82. The fourth-order valence-electron chi connectivity index (χ4n) is 2.20. The van der Waals surface area contributed by atoms with Crippen molar-refractivity contribution in [3.05, 3.63) is 29.6 Å². The second-order valence-corrected chi connectivity index (χ2v) is 5.50. The van der Waals surface area contributed by atoms with Crippen LogP contribution >= 0.6 is 0 Å². The van der Waals surface area contributed by atoms with Gasteiger partial charge in [0, 0.05) is 31.5 Å². The fraction of sp³-hybridized carbons (Fsp3) is 0.500. The van der Waals surface area contributed by atoms with Gasteiger partial charge in [0.05, 0.1) is 5.41 Å². The maximum atomic E-state index is 12.0. The number of hydrogen-bond donors (Lipinski definition) is 2. The molecule has 0 spiro atoms. The van der Waals surface area contributed by atoms with Gasteiger partial charge in [0.15, 0.2) is 0 Å². The summed E-state index contributed by atoms with van der Waals surface area (Å²) in [6.07, 6.45) is 2.21. The van der Waals surface area contributed by atoms with Gasteiger partial charge in [-0.1, -0.05) is 6.07 Å². The number of aliphatic carboxylic acids is 1. The Morgan fingerprint density at radius 2 is 2.25 bits per heavy atom. The molecular weight excluding hydrogens is 258 g/mol. The SMILES string of the molecule is Cc1ccc(CNC(=O)N2CCC(C)(C(=O)O)C2)cn1. The largest absolute Gasteiger partial charge is 0.481 e. The van der Waals surface area contributed by atoms with E-state index >= 15 is 0 Å². The number of amides is 2. The first kappa shape index (κ1) is 14.3. The number of likely N-dealkylation sites (tertiary alicyclic amines) is 1. The standard InChI is InChI=1S/C14H19N3O3/c1-10-3-4-11(7-15-10)8-16-13(20)17-6-5-14(2,9-17)12(18)19/h3-4,7H,5-6,8-9H2,1-2H3,(H,16,20)(H,18,19). The van der Waals surface area contributed by atoms with E-state index < -0.39 is 11.4 Å². The Balaban J connectivity index is 1.87. The van der Waals surface area contributed by atoms with Crippen molar-refractivity contribution >= 4 is 12.0 Å². The molecule has 2 rings (SSSR count). The molecule has 0 saturated carbocycles. The van der Waals surface area contributed by atoms with Crippen molar-refractivity contribution in [2.45, 2.75) is 26.8 Å². The Bertz CT molecular complexity index is 515. The quantitative estimate of drug-likeness (QED) is 0.874. The predicted molar refractivity (Wildman–Crippen MR) is 73.1 cm³/mol. The monoisotopic (exact) mass is 277 g/mol. The van der Waals surface area contributed by atoms with E-state index in [1.54, 1.807) is 18.0 Å². The van der Waals surface area contributed by atoms with Gasteiger partial charge in [-0.2, -0.15) is 0 Å². The summed E-state index contributed by atoms with van der Waals surface area (Å²) in [5.41, 5.74) is 1.02. The van der Waals surface area contributed by atoms with E-state index in [1.165, 1.54) is 0 Å². The summed E-state index contributed by atoms with van der Waals surface area (Å²) in [7, 11) is 0. The number of nitrogens with zero attached hydrogens (tertiary/aromatic N) is 2. The number of urea groups is 1. The van der Waals surface area contributed by atoms with E-state index in [1.807, 2.05) is 19.1 Å².